The van der Waals surface area contributed by atoms with Gasteiger partial charge in [-0.1, -0.05) is 50.6 Å². The van der Waals surface area contributed by atoms with E-state index >= 15 is 0 Å². The number of hydrogen-bond acceptors (Lipinski definition) is 1. The first kappa shape index (κ1) is 13.6. The molecule has 0 aromatic heterocycles. The van der Waals surface area contributed by atoms with Gasteiger partial charge in [-0.25, -0.2) is 0 Å². The number of nitrogens with one attached hydrogen (secondary N) is 1. The summed E-state index contributed by atoms with van der Waals surface area (Å²) in [5.74, 6) is 1.82. The Morgan fingerprint density at radius 3 is 2.61 bits per heavy atom. The average molecular weight is 245 g/mol. The van der Waals surface area contributed by atoms with Gasteiger partial charge in [-0.15, -0.1) is 0 Å². The highest BCUT2D eigenvalue weighted by Crippen LogP contribution is 2.33. The molecular formula is C17H27N. The molecule has 0 amide bonds. The lowest BCUT2D eigenvalue weighted by Gasteiger charge is -2.21. The Labute approximate surface area is 112 Å². The van der Waals surface area contributed by atoms with Crippen molar-refractivity contribution in [3.05, 3.63) is 35.9 Å². The molecule has 3 unspecified atom stereocenters. The van der Waals surface area contributed by atoms with Crippen LogP contribution in [0.3, 0.4) is 0 Å². The Kier molecular flexibility index (Phi) is 5.25. The van der Waals surface area contributed by atoms with Crippen LogP contribution in [0.2, 0.25) is 0 Å². The minimum atomic E-state index is 0.769. The highest BCUT2D eigenvalue weighted by atomic mass is 14.9. The third-order valence-corrected chi connectivity index (χ3v) is 4.64. The topological polar surface area (TPSA) is 12.0 Å². The Morgan fingerprint density at radius 2 is 1.94 bits per heavy atom. The molecule has 1 N–H and O–H groups in total. The van der Waals surface area contributed by atoms with Crippen molar-refractivity contribution in [2.24, 2.45) is 11.8 Å². The summed E-state index contributed by atoms with van der Waals surface area (Å²) >= 11 is 0. The molecule has 0 aliphatic heterocycles. The van der Waals surface area contributed by atoms with E-state index in [1.807, 2.05) is 0 Å². The SMILES string of the molecule is CCC1CCC(NCCCc2ccccc2)C1C. The van der Waals surface area contributed by atoms with Crippen LogP contribution in [-0.4, -0.2) is 12.6 Å². The second-order valence-electron chi connectivity index (χ2n) is 5.75. The summed E-state index contributed by atoms with van der Waals surface area (Å²) < 4.78 is 0. The van der Waals surface area contributed by atoms with Crippen LogP contribution in [0.25, 0.3) is 0 Å². The van der Waals surface area contributed by atoms with Crippen molar-refractivity contribution in [1.82, 2.24) is 5.32 Å². The molecule has 1 heteroatoms. The van der Waals surface area contributed by atoms with E-state index in [1.165, 1.54) is 44.2 Å². The van der Waals surface area contributed by atoms with Crippen LogP contribution >= 0.6 is 0 Å². The van der Waals surface area contributed by atoms with Gasteiger partial charge in [0, 0.05) is 6.04 Å². The Bertz CT molecular complexity index is 333. The molecule has 0 radical (unpaired) electrons. The number of benzene rings is 1. The summed E-state index contributed by atoms with van der Waals surface area (Å²) in [6.45, 7) is 5.93. The minimum absolute atomic E-state index is 0.769. The maximum atomic E-state index is 3.77. The molecule has 0 spiro atoms. The van der Waals surface area contributed by atoms with Crippen molar-refractivity contribution in [2.45, 2.75) is 52.0 Å². The number of aryl methyl sites for hydroxylation is 1. The molecule has 0 heterocycles. The van der Waals surface area contributed by atoms with Crippen LogP contribution < -0.4 is 5.32 Å². The standard InChI is InChI=1S/C17H27N/c1-3-16-11-12-17(14(16)2)18-13-7-10-15-8-5-4-6-9-15/h4-6,8-9,14,16-18H,3,7,10-13H2,1-2H3. The molecule has 100 valence electrons. The molecule has 1 aliphatic rings. The third-order valence-electron chi connectivity index (χ3n) is 4.64. The van der Waals surface area contributed by atoms with E-state index in [2.05, 4.69) is 49.5 Å². The molecule has 1 aromatic rings. The van der Waals surface area contributed by atoms with Crippen molar-refractivity contribution in [3.8, 4) is 0 Å². The van der Waals surface area contributed by atoms with Crippen molar-refractivity contribution in [1.29, 1.82) is 0 Å². The van der Waals surface area contributed by atoms with Crippen LogP contribution in [0.4, 0.5) is 0 Å². The summed E-state index contributed by atoms with van der Waals surface area (Å²) in [5, 5.41) is 3.77. The predicted octanol–water partition coefficient (Wildman–Crippen LogP) is 4.03. The van der Waals surface area contributed by atoms with Gasteiger partial charge in [-0.2, -0.15) is 0 Å². The van der Waals surface area contributed by atoms with Crippen LogP contribution in [0.15, 0.2) is 30.3 Å². The Balaban J connectivity index is 1.64. The van der Waals surface area contributed by atoms with Gasteiger partial charge in [0.15, 0.2) is 0 Å². The first-order chi connectivity index (χ1) is 8.81. The van der Waals surface area contributed by atoms with Crippen LogP contribution in [0, 0.1) is 11.8 Å². The highest BCUT2D eigenvalue weighted by Gasteiger charge is 2.30. The van der Waals surface area contributed by atoms with Gasteiger partial charge in [-0.3, -0.25) is 0 Å². The molecule has 1 aliphatic carbocycles. The van der Waals surface area contributed by atoms with Gasteiger partial charge in [-0.05, 0) is 49.6 Å². The van der Waals surface area contributed by atoms with Crippen molar-refractivity contribution in [3.63, 3.8) is 0 Å². The predicted molar refractivity (Wildman–Crippen MR) is 78.7 cm³/mol. The van der Waals surface area contributed by atoms with Crippen LogP contribution in [0.1, 0.15) is 45.1 Å². The van der Waals surface area contributed by atoms with E-state index in [1.54, 1.807) is 0 Å². The quantitative estimate of drug-likeness (QED) is 0.746. The maximum Gasteiger partial charge on any atom is 0.00954 e. The lowest BCUT2D eigenvalue weighted by molar-refractivity contribution is 0.345. The van der Waals surface area contributed by atoms with E-state index in [9.17, 15) is 0 Å². The fourth-order valence-corrected chi connectivity index (χ4v) is 3.34. The molecular weight excluding hydrogens is 218 g/mol. The fourth-order valence-electron chi connectivity index (χ4n) is 3.34. The molecule has 18 heavy (non-hydrogen) atoms. The number of hydrogen-bond donors (Lipinski definition) is 1. The zero-order valence-electron chi connectivity index (χ0n) is 11.9. The lowest BCUT2D eigenvalue weighted by atomic mass is 9.93. The van der Waals surface area contributed by atoms with E-state index < -0.39 is 0 Å². The average Bonchev–Trinajstić information content (AvgIpc) is 2.77. The summed E-state index contributed by atoms with van der Waals surface area (Å²) in [6, 6.07) is 11.6. The Hall–Kier alpha value is -0.820. The normalized spacial score (nSPS) is 27.6. The summed E-state index contributed by atoms with van der Waals surface area (Å²) in [5.41, 5.74) is 1.46. The van der Waals surface area contributed by atoms with E-state index in [0.29, 0.717) is 0 Å². The number of rotatable bonds is 6. The van der Waals surface area contributed by atoms with Crippen molar-refractivity contribution < 1.29 is 0 Å². The zero-order chi connectivity index (χ0) is 12.8. The van der Waals surface area contributed by atoms with Gasteiger partial charge >= 0.3 is 0 Å². The Morgan fingerprint density at radius 1 is 1.17 bits per heavy atom. The first-order valence-electron chi connectivity index (χ1n) is 7.58. The molecule has 1 fully saturated rings. The zero-order valence-corrected chi connectivity index (χ0v) is 11.9. The van der Waals surface area contributed by atoms with Crippen molar-refractivity contribution >= 4 is 0 Å². The summed E-state index contributed by atoms with van der Waals surface area (Å²) in [4.78, 5) is 0. The van der Waals surface area contributed by atoms with Crippen LogP contribution in [0.5, 0.6) is 0 Å². The second kappa shape index (κ2) is 6.94. The summed E-state index contributed by atoms with van der Waals surface area (Å²) in [7, 11) is 0. The minimum Gasteiger partial charge on any atom is -0.314 e. The van der Waals surface area contributed by atoms with Gasteiger partial charge < -0.3 is 5.32 Å². The molecule has 0 bridgehead atoms. The smallest absolute Gasteiger partial charge is 0.00954 e. The fraction of sp³-hybridized carbons (Fsp3) is 0.647. The molecule has 1 nitrogen and oxygen atoms in total. The lowest BCUT2D eigenvalue weighted by Crippen LogP contribution is -2.33. The molecule has 2 rings (SSSR count). The second-order valence-corrected chi connectivity index (χ2v) is 5.75. The first-order valence-corrected chi connectivity index (χ1v) is 7.58. The van der Waals surface area contributed by atoms with Gasteiger partial charge in [0.05, 0.1) is 0 Å². The molecule has 3 atom stereocenters. The van der Waals surface area contributed by atoms with Crippen molar-refractivity contribution in [2.75, 3.05) is 6.54 Å². The van der Waals surface area contributed by atoms with Gasteiger partial charge in [0.1, 0.15) is 0 Å². The molecule has 1 aromatic carbocycles. The van der Waals surface area contributed by atoms with E-state index in [0.717, 1.165) is 17.9 Å². The maximum absolute atomic E-state index is 3.77. The largest absolute Gasteiger partial charge is 0.314 e. The highest BCUT2D eigenvalue weighted by molar-refractivity contribution is 5.14. The molecule has 1 saturated carbocycles. The monoisotopic (exact) mass is 245 g/mol. The van der Waals surface area contributed by atoms with Crippen LogP contribution in [-0.2, 0) is 6.42 Å². The summed E-state index contributed by atoms with van der Waals surface area (Å²) in [6.07, 6.45) is 6.61. The van der Waals surface area contributed by atoms with Gasteiger partial charge in [0.2, 0.25) is 0 Å². The van der Waals surface area contributed by atoms with E-state index in [4.69, 9.17) is 0 Å². The third kappa shape index (κ3) is 3.58. The molecule has 0 saturated heterocycles. The van der Waals surface area contributed by atoms with Gasteiger partial charge in [0.25, 0.3) is 0 Å². The van der Waals surface area contributed by atoms with E-state index in [-0.39, 0.29) is 0 Å².